The molecule has 3 N–H and O–H groups in total. The lowest BCUT2D eigenvalue weighted by molar-refractivity contribution is 0.249. The molecule has 1 aromatic heterocycles. The van der Waals surface area contributed by atoms with Crippen molar-refractivity contribution >= 4 is 23.7 Å². The lowest BCUT2D eigenvalue weighted by Gasteiger charge is -2.10. The Labute approximate surface area is 111 Å². The van der Waals surface area contributed by atoms with E-state index < -0.39 is 0 Å². The SMILES string of the molecule is CC(C)Cc1nc(NC(=O)NC2CCSC2)n[nH]1. The number of rotatable bonds is 4. The van der Waals surface area contributed by atoms with Gasteiger partial charge < -0.3 is 5.32 Å². The number of anilines is 1. The Kier molecular flexibility index (Phi) is 4.46. The monoisotopic (exact) mass is 269 g/mol. The zero-order chi connectivity index (χ0) is 13.0. The molecular weight excluding hydrogens is 250 g/mol. The van der Waals surface area contributed by atoms with Crippen LogP contribution in [-0.4, -0.2) is 38.8 Å². The Bertz CT molecular complexity index is 400. The van der Waals surface area contributed by atoms with E-state index in [1.807, 2.05) is 11.8 Å². The fourth-order valence-electron chi connectivity index (χ4n) is 1.80. The summed E-state index contributed by atoms with van der Waals surface area (Å²) in [6.07, 6.45) is 1.86. The molecule has 0 bridgehead atoms. The minimum Gasteiger partial charge on any atom is -0.334 e. The quantitative estimate of drug-likeness (QED) is 0.776. The lowest BCUT2D eigenvalue weighted by atomic mass is 10.1. The van der Waals surface area contributed by atoms with Gasteiger partial charge in [-0.15, -0.1) is 5.10 Å². The first-order chi connectivity index (χ1) is 8.63. The molecule has 1 aliphatic rings. The van der Waals surface area contributed by atoms with Gasteiger partial charge in [0, 0.05) is 18.2 Å². The average molecular weight is 269 g/mol. The first-order valence-electron chi connectivity index (χ1n) is 6.20. The standard InChI is InChI=1S/C11H19N5OS/c1-7(2)5-9-13-10(16-15-9)14-11(17)12-8-3-4-18-6-8/h7-8H,3-6H2,1-2H3,(H3,12,13,14,15,16,17). The summed E-state index contributed by atoms with van der Waals surface area (Å²) in [5.41, 5.74) is 0. The summed E-state index contributed by atoms with van der Waals surface area (Å²) in [4.78, 5) is 15.9. The highest BCUT2D eigenvalue weighted by atomic mass is 32.2. The predicted octanol–water partition coefficient (Wildman–Crippen LogP) is 1.63. The van der Waals surface area contributed by atoms with Gasteiger partial charge in [-0.25, -0.2) is 4.79 Å². The second-order valence-corrected chi connectivity index (χ2v) is 6.01. The molecule has 0 radical (unpaired) electrons. The van der Waals surface area contributed by atoms with Gasteiger partial charge >= 0.3 is 6.03 Å². The predicted molar refractivity (Wildman–Crippen MR) is 72.8 cm³/mol. The topological polar surface area (TPSA) is 82.7 Å². The number of carbonyl (C=O) groups is 1. The van der Waals surface area contributed by atoms with Crippen LogP contribution in [0.15, 0.2) is 0 Å². The molecule has 2 amide bonds. The minimum absolute atomic E-state index is 0.224. The first-order valence-corrected chi connectivity index (χ1v) is 7.35. The van der Waals surface area contributed by atoms with E-state index in [0.29, 0.717) is 11.9 Å². The van der Waals surface area contributed by atoms with E-state index in [0.717, 1.165) is 30.2 Å². The van der Waals surface area contributed by atoms with Crippen molar-refractivity contribution in [1.29, 1.82) is 0 Å². The molecule has 1 aromatic rings. The molecule has 6 nitrogen and oxygen atoms in total. The first kappa shape index (κ1) is 13.2. The number of amides is 2. The fraction of sp³-hybridized carbons (Fsp3) is 0.727. The van der Waals surface area contributed by atoms with Crippen LogP contribution in [0, 0.1) is 5.92 Å². The normalized spacial score (nSPS) is 19.2. The zero-order valence-corrected chi connectivity index (χ0v) is 11.5. The molecule has 0 spiro atoms. The van der Waals surface area contributed by atoms with Crippen molar-refractivity contribution in [3.05, 3.63) is 5.82 Å². The highest BCUT2D eigenvalue weighted by molar-refractivity contribution is 7.99. The Balaban J connectivity index is 1.81. The number of hydrogen-bond donors (Lipinski definition) is 3. The summed E-state index contributed by atoms with van der Waals surface area (Å²) in [5, 5.41) is 12.4. The van der Waals surface area contributed by atoms with Crippen LogP contribution in [0.5, 0.6) is 0 Å². The van der Waals surface area contributed by atoms with Gasteiger partial charge in [-0.05, 0) is 18.1 Å². The van der Waals surface area contributed by atoms with Crippen molar-refractivity contribution in [2.24, 2.45) is 5.92 Å². The van der Waals surface area contributed by atoms with Crippen LogP contribution in [0.3, 0.4) is 0 Å². The van der Waals surface area contributed by atoms with Crippen molar-refractivity contribution in [2.45, 2.75) is 32.7 Å². The highest BCUT2D eigenvalue weighted by Gasteiger charge is 2.18. The van der Waals surface area contributed by atoms with Gasteiger partial charge in [0.1, 0.15) is 5.82 Å². The maximum absolute atomic E-state index is 11.7. The van der Waals surface area contributed by atoms with Crippen LogP contribution >= 0.6 is 11.8 Å². The Hall–Kier alpha value is -1.24. The number of urea groups is 1. The Morgan fingerprint density at radius 3 is 3.11 bits per heavy atom. The lowest BCUT2D eigenvalue weighted by Crippen LogP contribution is -2.38. The Morgan fingerprint density at radius 1 is 1.61 bits per heavy atom. The van der Waals surface area contributed by atoms with E-state index in [9.17, 15) is 4.79 Å². The van der Waals surface area contributed by atoms with Gasteiger partial charge in [-0.3, -0.25) is 10.4 Å². The maximum atomic E-state index is 11.7. The van der Waals surface area contributed by atoms with Gasteiger partial charge in [0.05, 0.1) is 0 Å². The van der Waals surface area contributed by atoms with Crippen molar-refractivity contribution < 1.29 is 4.79 Å². The number of hydrogen-bond acceptors (Lipinski definition) is 4. The smallest absolute Gasteiger partial charge is 0.321 e. The van der Waals surface area contributed by atoms with Gasteiger partial charge in [-0.2, -0.15) is 16.7 Å². The van der Waals surface area contributed by atoms with Crippen LogP contribution in [0.1, 0.15) is 26.1 Å². The van der Waals surface area contributed by atoms with Gasteiger partial charge in [-0.1, -0.05) is 13.8 Å². The van der Waals surface area contributed by atoms with E-state index in [1.54, 1.807) is 0 Å². The summed E-state index contributed by atoms with van der Waals surface area (Å²) in [5.74, 6) is 3.75. The van der Waals surface area contributed by atoms with Crippen molar-refractivity contribution in [3.8, 4) is 0 Å². The molecule has 100 valence electrons. The number of nitrogens with zero attached hydrogens (tertiary/aromatic N) is 2. The van der Waals surface area contributed by atoms with Gasteiger partial charge in [0.15, 0.2) is 0 Å². The summed E-state index contributed by atoms with van der Waals surface area (Å²) in [7, 11) is 0. The fourth-order valence-corrected chi connectivity index (χ4v) is 2.95. The number of thioether (sulfide) groups is 1. The second-order valence-electron chi connectivity index (χ2n) is 4.86. The summed E-state index contributed by atoms with van der Waals surface area (Å²) in [6, 6.07) is 0.0432. The molecule has 1 unspecified atom stereocenters. The largest absolute Gasteiger partial charge is 0.334 e. The van der Waals surface area contributed by atoms with Crippen molar-refractivity contribution in [2.75, 3.05) is 16.8 Å². The van der Waals surface area contributed by atoms with Gasteiger partial charge in [0.2, 0.25) is 5.95 Å². The number of aromatic nitrogens is 3. The molecule has 1 fully saturated rings. The summed E-state index contributed by atoms with van der Waals surface area (Å²) in [6.45, 7) is 4.22. The van der Waals surface area contributed by atoms with Crippen molar-refractivity contribution in [3.63, 3.8) is 0 Å². The number of aromatic amines is 1. The molecule has 7 heteroatoms. The molecule has 1 saturated heterocycles. The summed E-state index contributed by atoms with van der Waals surface area (Å²) >= 11 is 1.86. The molecular formula is C11H19N5OS. The van der Waals surface area contributed by atoms with E-state index in [1.165, 1.54) is 0 Å². The van der Waals surface area contributed by atoms with E-state index >= 15 is 0 Å². The molecule has 0 saturated carbocycles. The third-order valence-corrected chi connectivity index (χ3v) is 3.79. The molecule has 0 aromatic carbocycles. The van der Waals surface area contributed by atoms with Crippen molar-refractivity contribution in [1.82, 2.24) is 20.5 Å². The third kappa shape index (κ3) is 3.90. The van der Waals surface area contributed by atoms with Crippen LogP contribution < -0.4 is 10.6 Å². The molecule has 1 atom stereocenters. The second kappa shape index (κ2) is 6.08. The molecule has 0 aliphatic carbocycles. The molecule has 1 aliphatic heterocycles. The number of nitrogens with one attached hydrogen (secondary N) is 3. The zero-order valence-electron chi connectivity index (χ0n) is 10.7. The summed E-state index contributed by atoms with van der Waals surface area (Å²) < 4.78 is 0. The van der Waals surface area contributed by atoms with Gasteiger partial charge in [0.25, 0.3) is 0 Å². The van der Waals surface area contributed by atoms with Crippen LogP contribution in [0.2, 0.25) is 0 Å². The average Bonchev–Trinajstić information content (AvgIpc) is 2.89. The third-order valence-electron chi connectivity index (χ3n) is 2.62. The van der Waals surface area contributed by atoms with E-state index in [-0.39, 0.29) is 12.1 Å². The van der Waals surface area contributed by atoms with Crippen LogP contribution in [-0.2, 0) is 6.42 Å². The van der Waals surface area contributed by atoms with Crippen LogP contribution in [0.25, 0.3) is 0 Å². The van der Waals surface area contributed by atoms with E-state index in [4.69, 9.17) is 0 Å². The Morgan fingerprint density at radius 2 is 2.44 bits per heavy atom. The van der Waals surface area contributed by atoms with Crippen LogP contribution in [0.4, 0.5) is 10.7 Å². The minimum atomic E-state index is -0.224. The highest BCUT2D eigenvalue weighted by Crippen LogP contribution is 2.16. The van der Waals surface area contributed by atoms with E-state index in [2.05, 4.69) is 39.7 Å². The molecule has 18 heavy (non-hydrogen) atoms. The number of carbonyl (C=O) groups excluding carboxylic acids is 1. The molecule has 2 rings (SSSR count). The number of H-pyrrole nitrogens is 1. The molecule has 2 heterocycles. The maximum Gasteiger partial charge on any atom is 0.321 e.